The number of Topliss-reactive ketones (excluding diaryl/α,β-unsaturated/α-hetero) is 1. The fourth-order valence-corrected chi connectivity index (χ4v) is 2.22. The maximum atomic E-state index is 12.4. The third-order valence-corrected chi connectivity index (χ3v) is 3.16. The van der Waals surface area contributed by atoms with E-state index in [0.717, 1.165) is 0 Å². The van der Waals surface area contributed by atoms with Crippen LogP contribution in [0.4, 0.5) is 0 Å². The number of benzene rings is 1. The molecule has 0 aliphatic heterocycles. The molecule has 0 heterocycles. The summed E-state index contributed by atoms with van der Waals surface area (Å²) in [7, 11) is 0. The summed E-state index contributed by atoms with van der Waals surface area (Å²) in [5.74, 6) is -1.27. The van der Waals surface area contributed by atoms with Crippen molar-refractivity contribution >= 4 is 11.8 Å². The Labute approximate surface area is 125 Å². The second-order valence-electron chi connectivity index (χ2n) is 5.76. The molecule has 1 rings (SSSR count). The summed E-state index contributed by atoms with van der Waals surface area (Å²) in [6, 6.07) is 11.0. The van der Waals surface area contributed by atoms with E-state index in [4.69, 9.17) is 4.74 Å². The van der Waals surface area contributed by atoms with Crippen LogP contribution in [-0.2, 0) is 14.3 Å². The number of carbonyl (C=O) groups excluding carboxylic acids is 2. The van der Waals surface area contributed by atoms with Crippen LogP contribution in [-0.4, -0.2) is 18.4 Å². The van der Waals surface area contributed by atoms with Gasteiger partial charge in [-0.15, -0.1) is 0 Å². The van der Waals surface area contributed by atoms with Crippen LogP contribution < -0.4 is 0 Å². The molecule has 0 spiro atoms. The van der Waals surface area contributed by atoms with Crippen LogP contribution in [0.1, 0.15) is 45.1 Å². The van der Waals surface area contributed by atoms with Crippen LogP contribution in [0.3, 0.4) is 0 Å². The molecule has 0 fully saturated rings. The summed E-state index contributed by atoms with van der Waals surface area (Å²) in [6.07, 6.45) is 0.332. The van der Waals surface area contributed by atoms with Gasteiger partial charge in [0.1, 0.15) is 5.92 Å². The minimum Gasteiger partial charge on any atom is -0.466 e. The molecule has 0 amide bonds. The number of hydrogen-bond acceptors (Lipinski definition) is 4. The van der Waals surface area contributed by atoms with Crippen molar-refractivity contribution in [1.82, 2.24) is 0 Å². The smallest absolute Gasteiger partial charge is 0.306 e. The van der Waals surface area contributed by atoms with Gasteiger partial charge in [-0.1, -0.05) is 44.2 Å². The first-order valence-corrected chi connectivity index (χ1v) is 7.02. The van der Waals surface area contributed by atoms with Crippen molar-refractivity contribution in [1.29, 1.82) is 5.26 Å². The predicted molar refractivity (Wildman–Crippen MR) is 79.5 cm³/mol. The van der Waals surface area contributed by atoms with Crippen molar-refractivity contribution < 1.29 is 14.3 Å². The lowest BCUT2D eigenvalue weighted by Gasteiger charge is -2.23. The van der Waals surface area contributed by atoms with Gasteiger partial charge in [0.15, 0.2) is 5.78 Å². The molecule has 0 aliphatic rings. The highest BCUT2D eigenvalue weighted by Crippen LogP contribution is 2.30. The Morgan fingerprint density at radius 3 is 2.38 bits per heavy atom. The Hall–Kier alpha value is -2.15. The Bertz CT molecular complexity index is 529. The minimum atomic E-state index is -0.785. The molecule has 0 radical (unpaired) electrons. The minimum absolute atomic E-state index is 0.166. The van der Waals surface area contributed by atoms with Gasteiger partial charge < -0.3 is 4.74 Å². The van der Waals surface area contributed by atoms with E-state index in [-0.39, 0.29) is 24.6 Å². The third kappa shape index (κ3) is 5.39. The Morgan fingerprint density at radius 2 is 1.86 bits per heavy atom. The summed E-state index contributed by atoms with van der Waals surface area (Å²) in [5.41, 5.74) is 0.171. The number of nitriles is 1. The highest BCUT2D eigenvalue weighted by atomic mass is 16.5. The van der Waals surface area contributed by atoms with E-state index in [1.165, 1.54) is 0 Å². The summed E-state index contributed by atoms with van der Waals surface area (Å²) in [5, 5.41) is 9.25. The zero-order valence-corrected chi connectivity index (χ0v) is 12.8. The van der Waals surface area contributed by atoms with Gasteiger partial charge in [0.2, 0.25) is 0 Å². The van der Waals surface area contributed by atoms with Crippen LogP contribution in [0.15, 0.2) is 30.3 Å². The number of hydrogen-bond donors (Lipinski definition) is 0. The molecule has 1 aromatic carbocycles. The van der Waals surface area contributed by atoms with Crippen molar-refractivity contribution in [3.05, 3.63) is 35.9 Å². The lowest BCUT2D eigenvalue weighted by atomic mass is 9.80. The molecule has 21 heavy (non-hydrogen) atoms. The van der Waals surface area contributed by atoms with Gasteiger partial charge in [0.05, 0.1) is 19.1 Å². The second kappa shape index (κ2) is 7.58. The maximum Gasteiger partial charge on any atom is 0.306 e. The first kappa shape index (κ1) is 16.9. The summed E-state index contributed by atoms with van der Waals surface area (Å²) >= 11 is 0. The lowest BCUT2D eigenvalue weighted by Crippen LogP contribution is -2.25. The van der Waals surface area contributed by atoms with E-state index in [0.29, 0.717) is 12.2 Å². The number of carbonyl (C=O) groups is 2. The molecule has 0 aromatic heterocycles. The van der Waals surface area contributed by atoms with Gasteiger partial charge in [0.25, 0.3) is 0 Å². The normalized spacial score (nSPS) is 12.3. The SMILES string of the molecule is CCOC(=O)CC(C)(C)CC(=O)C(C#N)c1ccccc1. The van der Waals surface area contributed by atoms with Gasteiger partial charge in [-0.3, -0.25) is 9.59 Å². The highest BCUT2D eigenvalue weighted by molar-refractivity contribution is 5.89. The van der Waals surface area contributed by atoms with Crippen LogP contribution >= 0.6 is 0 Å². The Kier molecular flexibility index (Phi) is 6.10. The van der Waals surface area contributed by atoms with E-state index in [1.54, 1.807) is 31.2 Å². The van der Waals surface area contributed by atoms with Gasteiger partial charge in [-0.2, -0.15) is 5.26 Å². The fraction of sp³-hybridized carbons (Fsp3) is 0.471. The largest absolute Gasteiger partial charge is 0.466 e. The molecular weight excluding hydrogens is 266 g/mol. The third-order valence-electron chi connectivity index (χ3n) is 3.16. The zero-order valence-electron chi connectivity index (χ0n) is 12.8. The van der Waals surface area contributed by atoms with Crippen molar-refractivity contribution in [3.63, 3.8) is 0 Å². The van der Waals surface area contributed by atoms with Crippen molar-refractivity contribution in [2.24, 2.45) is 5.41 Å². The first-order chi connectivity index (χ1) is 9.89. The molecular formula is C17H21NO3. The van der Waals surface area contributed by atoms with E-state index >= 15 is 0 Å². The molecule has 1 unspecified atom stereocenters. The zero-order chi connectivity index (χ0) is 15.9. The number of ketones is 1. The van der Waals surface area contributed by atoms with E-state index in [2.05, 4.69) is 6.07 Å². The van der Waals surface area contributed by atoms with E-state index in [1.807, 2.05) is 19.9 Å². The summed E-state index contributed by atoms with van der Waals surface area (Å²) in [4.78, 5) is 23.9. The van der Waals surface area contributed by atoms with E-state index in [9.17, 15) is 14.9 Å². The van der Waals surface area contributed by atoms with Crippen LogP contribution in [0.2, 0.25) is 0 Å². The molecule has 0 saturated carbocycles. The fourth-order valence-electron chi connectivity index (χ4n) is 2.22. The van der Waals surface area contributed by atoms with Crippen LogP contribution in [0, 0.1) is 16.7 Å². The monoisotopic (exact) mass is 287 g/mol. The van der Waals surface area contributed by atoms with Crippen LogP contribution in [0.5, 0.6) is 0 Å². The van der Waals surface area contributed by atoms with Crippen molar-refractivity contribution in [2.75, 3.05) is 6.61 Å². The number of esters is 1. The molecule has 1 atom stereocenters. The number of ether oxygens (including phenoxy) is 1. The number of nitrogens with zero attached hydrogens (tertiary/aromatic N) is 1. The van der Waals surface area contributed by atoms with Gasteiger partial charge in [-0.25, -0.2) is 0 Å². The number of rotatable bonds is 7. The first-order valence-electron chi connectivity index (χ1n) is 7.02. The molecule has 4 nitrogen and oxygen atoms in total. The summed E-state index contributed by atoms with van der Waals surface area (Å²) < 4.78 is 4.92. The van der Waals surface area contributed by atoms with Crippen LogP contribution in [0.25, 0.3) is 0 Å². The van der Waals surface area contributed by atoms with Gasteiger partial charge >= 0.3 is 5.97 Å². The molecule has 0 aliphatic carbocycles. The molecule has 4 heteroatoms. The average Bonchev–Trinajstić information content (AvgIpc) is 2.39. The van der Waals surface area contributed by atoms with Gasteiger partial charge in [0, 0.05) is 6.42 Å². The molecule has 0 N–H and O–H groups in total. The predicted octanol–water partition coefficient (Wildman–Crippen LogP) is 3.23. The van der Waals surface area contributed by atoms with E-state index < -0.39 is 11.3 Å². The molecule has 112 valence electrons. The van der Waals surface area contributed by atoms with Crippen molar-refractivity contribution in [3.8, 4) is 6.07 Å². The second-order valence-corrected chi connectivity index (χ2v) is 5.76. The Balaban J connectivity index is 2.74. The molecule has 0 bridgehead atoms. The molecule has 0 saturated heterocycles. The topological polar surface area (TPSA) is 67.2 Å². The Morgan fingerprint density at radius 1 is 1.24 bits per heavy atom. The average molecular weight is 287 g/mol. The standard InChI is InChI=1S/C17H21NO3/c1-4-21-16(20)11-17(2,3)10-15(19)14(12-18)13-8-6-5-7-9-13/h5-9,14H,4,10-11H2,1-3H3. The maximum absolute atomic E-state index is 12.4. The quantitative estimate of drug-likeness (QED) is 0.722. The highest BCUT2D eigenvalue weighted by Gasteiger charge is 2.30. The molecule has 1 aromatic rings. The lowest BCUT2D eigenvalue weighted by molar-refractivity contribution is -0.145. The summed E-state index contributed by atoms with van der Waals surface area (Å²) in [6.45, 7) is 5.74. The van der Waals surface area contributed by atoms with Crippen molar-refractivity contribution in [2.45, 2.75) is 39.5 Å². The van der Waals surface area contributed by atoms with Gasteiger partial charge in [-0.05, 0) is 17.9 Å².